The zero-order chi connectivity index (χ0) is 53.4. The number of ether oxygens (including phenoxy) is 10. The van der Waals surface area contributed by atoms with Gasteiger partial charge in [0.05, 0.1) is 62.0 Å². The van der Waals surface area contributed by atoms with E-state index in [0.29, 0.717) is 75.7 Å². The highest BCUT2D eigenvalue weighted by Gasteiger charge is 2.49. The maximum Gasteiger partial charge on any atom is 0.416 e. The molecule has 22 nitrogen and oxygen atoms in total. The van der Waals surface area contributed by atoms with Crippen LogP contribution in [0.4, 0.5) is 21.0 Å². The van der Waals surface area contributed by atoms with Crippen LogP contribution >= 0.6 is 0 Å². The number of carbonyl (C=O) groups excluding carboxylic acids is 5. The number of rotatable bonds is 21. The van der Waals surface area contributed by atoms with E-state index in [2.05, 4.69) is 13.2 Å². The van der Waals surface area contributed by atoms with E-state index in [-0.39, 0.29) is 91.5 Å². The normalized spacial score (nSPS) is 22.9. The SMILES string of the molecule is C=CCOC(=O)N1c2cc(OCCCC(=O)CO)c(OC)cc2C(=O)N2CCCC2C1OC1CCCCO1.C=CCOC(=O)N1c2cc(OCCCC(=O)O)c(OC)cc2C(=O)N2CCCC2C1OC1CCCCO1. The number of anilines is 2. The number of benzene rings is 2. The van der Waals surface area contributed by atoms with Gasteiger partial charge in [0, 0.05) is 51.3 Å². The number of fused-ring (bicyclic) bond motifs is 4. The fourth-order valence-electron chi connectivity index (χ4n) is 9.99. The summed E-state index contributed by atoms with van der Waals surface area (Å²) in [4.78, 5) is 83.1. The van der Waals surface area contributed by atoms with E-state index in [9.17, 15) is 28.8 Å². The molecule has 0 saturated carbocycles. The molecule has 4 fully saturated rings. The van der Waals surface area contributed by atoms with Crippen LogP contribution in [-0.4, -0.2) is 166 Å². The van der Waals surface area contributed by atoms with Crippen LogP contribution in [0.1, 0.15) is 111 Å². The number of ketones is 1. The fourth-order valence-corrected chi connectivity index (χ4v) is 9.99. The third-order valence-corrected chi connectivity index (χ3v) is 13.6. The Hall–Kier alpha value is -6.46. The molecule has 75 heavy (non-hydrogen) atoms. The monoisotopic (exact) mass is 1050 g/mol. The van der Waals surface area contributed by atoms with Crippen LogP contribution < -0.4 is 28.7 Å². The number of amides is 4. The first-order chi connectivity index (χ1) is 36.4. The summed E-state index contributed by atoms with van der Waals surface area (Å²) in [6.45, 7) is 9.16. The second-order valence-corrected chi connectivity index (χ2v) is 18.6. The summed E-state index contributed by atoms with van der Waals surface area (Å²) < 4.78 is 58.2. The maximum absolute atomic E-state index is 13.8. The molecule has 6 heterocycles. The molecule has 0 bridgehead atoms. The van der Waals surface area contributed by atoms with Gasteiger partial charge in [0.15, 0.2) is 53.8 Å². The summed E-state index contributed by atoms with van der Waals surface area (Å²) in [6.07, 6.45) is 7.59. The standard InChI is InChI=1S/C27H36N2O9.C26H34N2O9/c1-3-12-37-27(33)29-21-16-23(35-14-7-8-18(31)17-30)22(34-2)15-19(21)25(32)28-11-6-9-20(28)26(29)38-24-10-4-5-13-36-24;1-3-12-36-26(32)28-19-16-21(34-14-7-9-22(29)30)20(33-2)15-17(19)24(31)27-11-6-8-18(27)25(28)37-23-10-4-5-13-35-23/h3,15-16,20,24,26,30H,1,4-14,17H2,2H3;3,15-16,18,23,25H,1,4-14H2,2H3,(H,29,30). The number of aliphatic hydroxyl groups excluding tert-OH is 1. The Kier molecular flexibility index (Phi) is 20.5. The fraction of sp³-hybridized carbons (Fsp3) is 0.585. The molecule has 8 rings (SSSR count). The molecule has 0 aromatic heterocycles. The van der Waals surface area contributed by atoms with E-state index in [4.69, 9.17) is 57.6 Å². The first kappa shape index (κ1) is 56.3. The molecule has 22 heteroatoms. The van der Waals surface area contributed by atoms with Gasteiger partial charge in [-0.25, -0.2) is 19.4 Å². The topological polar surface area (TPSA) is 248 Å². The molecule has 6 atom stereocenters. The van der Waals surface area contributed by atoms with Crippen LogP contribution in [0.3, 0.4) is 0 Å². The summed E-state index contributed by atoms with van der Waals surface area (Å²) in [5, 5.41) is 17.9. The molecule has 2 aromatic carbocycles. The summed E-state index contributed by atoms with van der Waals surface area (Å²) in [7, 11) is 2.92. The number of hydrogen-bond acceptors (Lipinski definition) is 17. The molecule has 6 unspecified atom stereocenters. The second-order valence-electron chi connectivity index (χ2n) is 18.6. The molecule has 6 aliphatic rings. The van der Waals surface area contributed by atoms with Gasteiger partial charge in [-0.3, -0.25) is 19.2 Å². The molecule has 0 spiro atoms. The third-order valence-electron chi connectivity index (χ3n) is 13.6. The third kappa shape index (κ3) is 13.7. The summed E-state index contributed by atoms with van der Waals surface area (Å²) in [6, 6.07) is 5.46. The van der Waals surface area contributed by atoms with Gasteiger partial charge in [-0.1, -0.05) is 25.3 Å². The van der Waals surface area contributed by atoms with Gasteiger partial charge in [0.2, 0.25) is 0 Å². The minimum atomic E-state index is -0.926. The Balaban J connectivity index is 0.000000219. The number of nitrogens with zero attached hydrogens (tertiary/aromatic N) is 4. The predicted octanol–water partition coefficient (Wildman–Crippen LogP) is 6.59. The molecular formula is C53H70N4O18. The summed E-state index contributed by atoms with van der Waals surface area (Å²) >= 11 is 0. The number of aliphatic carboxylic acids is 1. The Morgan fingerprint density at radius 3 is 1.48 bits per heavy atom. The van der Waals surface area contributed by atoms with Gasteiger partial charge >= 0.3 is 18.2 Å². The highest BCUT2D eigenvalue weighted by Crippen LogP contribution is 2.45. The Bertz CT molecular complexity index is 2350. The van der Waals surface area contributed by atoms with Crippen molar-refractivity contribution >= 4 is 47.1 Å². The lowest BCUT2D eigenvalue weighted by atomic mass is 10.1. The number of carboxylic acid groups (broad SMARTS) is 1. The average molecular weight is 1050 g/mol. The number of carboxylic acids is 1. The minimum Gasteiger partial charge on any atom is -0.493 e. The number of Topliss-reactive ketones (excluding diaryl/α,β-unsaturated/α-hetero) is 1. The highest BCUT2D eigenvalue weighted by atomic mass is 16.7. The van der Waals surface area contributed by atoms with E-state index < -0.39 is 61.9 Å². The van der Waals surface area contributed by atoms with Crippen molar-refractivity contribution in [2.45, 2.75) is 127 Å². The van der Waals surface area contributed by atoms with Gasteiger partial charge in [-0.2, -0.15) is 0 Å². The van der Waals surface area contributed by atoms with Crippen molar-refractivity contribution in [3.8, 4) is 23.0 Å². The van der Waals surface area contributed by atoms with Gasteiger partial charge in [-0.15, -0.1) is 0 Å². The minimum absolute atomic E-state index is 0.0158. The maximum atomic E-state index is 13.8. The van der Waals surface area contributed by atoms with Gasteiger partial charge < -0.3 is 67.4 Å². The van der Waals surface area contributed by atoms with Crippen LogP contribution in [0.25, 0.3) is 0 Å². The van der Waals surface area contributed by atoms with Crippen LogP contribution in [0.15, 0.2) is 49.6 Å². The van der Waals surface area contributed by atoms with Crippen LogP contribution in [0.2, 0.25) is 0 Å². The zero-order valence-electron chi connectivity index (χ0n) is 42.8. The number of hydrogen-bond donors (Lipinski definition) is 2. The Morgan fingerprint density at radius 1 is 0.640 bits per heavy atom. The van der Waals surface area contributed by atoms with Crippen molar-refractivity contribution in [1.82, 2.24) is 9.80 Å². The quantitative estimate of drug-likeness (QED) is 0.0989. The molecule has 0 radical (unpaired) electrons. The van der Waals surface area contributed by atoms with E-state index in [1.165, 1.54) is 36.2 Å². The number of methoxy groups -OCH3 is 2. The molecule has 0 aliphatic carbocycles. The van der Waals surface area contributed by atoms with E-state index >= 15 is 0 Å². The molecule has 410 valence electrons. The van der Waals surface area contributed by atoms with Gasteiger partial charge in [0.1, 0.15) is 19.8 Å². The Morgan fingerprint density at radius 2 is 1.09 bits per heavy atom. The van der Waals surface area contributed by atoms with Crippen molar-refractivity contribution in [2.24, 2.45) is 0 Å². The molecule has 2 aromatic rings. The lowest BCUT2D eigenvalue weighted by Crippen LogP contribution is -2.54. The smallest absolute Gasteiger partial charge is 0.416 e. The summed E-state index contributed by atoms with van der Waals surface area (Å²) in [5.41, 5.74) is 1.07. The van der Waals surface area contributed by atoms with Gasteiger partial charge in [0.25, 0.3) is 11.8 Å². The molecular weight excluding hydrogens is 981 g/mol. The van der Waals surface area contributed by atoms with Crippen molar-refractivity contribution in [3.05, 3.63) is 60.7 Å². The molecule has 2 N–H and O–H groups in total. The van der Waals surface area contributed by atoms with Crippen molar-refractivity contribution in [3.63, 3.8) is 0 Å². The van der Waals surface area contributed by atoms with Crippen molar-refractivity contribution in [1.29, 1.82) is 0 Å². The van der Waals surface area contributed by atoms with Crippen molar-refractivity contribution < 1.29 is 86.3 Å². The number of aliphatic hydroxyl groups is 1. The lowest BCUT2D eigenvalue weighted by Gasteiger charge is -2.38. The Labute approximate surface area is 436 Å². The molecule has 4 amide bonds. The first-order valence-corrected chi connectivity index (χ1v) is 25.8. The predicted molar refractivity (Wildman–Crippen MR) is 268 cm³/mol. The highest BCUT2D eigenvalue weighted by molar-refractivity contribution is 6.07. The number of carbonyl (C=O) groups is 6. The lowest BCUT2D eigenvalue weighted by molar-refractivity contribution is -0.195. The van der Waals surface area contributed by atoms with E-state index in [0.717, 1.165) is 38.5 Å². The van der Waals surface area contributed by atoms with E-state index in [1.54, 1.807) is 34.1 Å². The first-order valence-electron chi connectivity index (χ1n) is 25.8. The van der Waals surface area contributed by atoms with Gasteiger partial charge in [-0.05, 0) is 89.2 Å². The van der Waals surface area contributed by atoms with E-state index in [1.807, 2.05) is 0 Å². The molecule has 6 aliphatic heterocycles. The van der Waals surface area contributed by atoms with Crippen LogP contribution in [0.5, 0.6) is 23.0 Å². The molecule has 4 saturated heterocycles. The average Bonchev–Trinajstić information content (AvgIpc) is 4.10. The zero-order valence-corrected chi connectivity index (χ0v) is 42.8. The summed E-state index contributed by atoms with van der Waals surface area (Å²) in [5.74, 6) is -0.506. The largest absolute Gasteiger partial charge is 0.493 e. The van der Waals surface area contributed by atoms with Crippen molar-refractivity contribution in [2.75, 3.05) is 83.4 Å². The second kappa shape index (κ2) is 27.4. The van der Waals surface area contributed by atoms with Crippen LogP contribution in [0, 0.1) is 0 Å². The van der Waals surface area contributed by atoms with Crippen LogP contribution in [-0.2, 0) is 38.0 Å².